The maximum Gasteiger partial charge on any atom is 0.0539 e. The van der Waals surface area contributed by atoms with Gasteiger partial charge in [0, 0.05) is 34.5 Å². The first-order chi connectivity index (χ1) is 8.58. The number of aromatic nitrogens is 2. The molecule has 0 bridgehead atoms. The van der Waals surface area contributed by atoms with E-state index in [1.165, 1.54) is 11.1 Å². The highest BCUT2D eigenvalue weighted by atomic mass is 79.9. The van der Waals surface area contributed by atoms with E-state index in [2.05, 4.69) is 71.5 Å². The molecule has 0 saturated carbocycles. The SMILES string of the molecule is Cc1cccc(NCc2cnn(C(C)C)c2)c1Br. The molecule has 18 heavy (non-hydrogen) atoms. The second-order valence-electron chi connectivity index (χ2n) is 4.71. The van der Waals surface area contributed by atoms with E-state index in [1.807, 2.05) is 10.9 Å². The van der Waals surface area contributed by atoms with Gasteiger partial charge in [-0.1, -0.05) is 12.1 Å². The normalized spacial score (nSPS) is 10.9. The van der Waals surface area contributed by atoms with Gasteiger partial charge in [-0.15, -0.1) is 0 Å². The van der Waals surface area contributed by atoms with Crippen molar-refractivity contribution in [2.24, 2.45) is 0 Å². The van der Waals surface area contributed by atoms with Crippen molar-refractivity contribution in [2.75, 3.05) is 5.32 Å². The van der Waals surface area contributed by atoms with E-state index in [4.69, 9.17) is 0 Å². The Balaban J connectivity index is 2.04. The van der Waals surface area contributed by atoms with Crippen LogP contribution < -0.4 is 5.32 Å². The second kappa shape index (κ2) is 5.57. The van der Waals surface area contributed by atoms with E-state index in [1.54, 1.807) is 0 Å². The van der Waals surface area contributed by atoms with Crippen LogP contribution in [-0.2, 0) is 6.54 Å². The summed E-state index contributed by atoms with van der Waals surface area (Å²) in [6.07, 6.45) is 4.00. The molecule has 0 unspecified atom stereocenters. The van der Waals surface area contributed by atoms with Crippen LogP contribution in [0.15, 0.2) is 35.1 Å². The third-order valence-corrected chi connectivity index (χ3v) is 3.91. The fraction of sp³-hybridized carbons (Fsp3) is 0.357. The van der Waals surface area contributed by atoms with E-state index in [0.717, 1.165) is 16.7 Å². The van der Waals surface area contributed by atoms with Crippen LogP contribution in [0, 0.1) is 6.92 Å². The molecule has 1 aromatic carbocycles. The summed E-state index contributed by atoms with van der Waals surface area (Å²) in [6.45, 7) is 7.13. The lowest BCUT2D eigenvalue weighted by molar-refractivity contribution is 0.532. The average molecular weight is 308 g/mol. The third kappa shape index (κ3) is 2.93. The van der Waals surface area contributed by atoms with Crippen LogP contribution in [0.25, 0.3) is 0 Å². The zero-order valence-electron chi connectivity index (χ0n) is 10.9. The molecule has 0 saturated heterocycles. The Kier molecular flexibility index (Phi) is 4.07. The number of anilines is 1. The quantitative estimate of drug-likeness (QED) is 0.919. The number of aryl methyl sites for hydroxylation is 1. The standard InChI is InChI=1S/C14H18BrN3/c1-10(2)18-9-12(8-17-18)7-16-13-6-4-5-11(3)14(13)15/h4-6,8-10,16H,7H2,1-3H3. The summed E-state index contributed by atoms with van der Waals surface area (Å²) in [5.74, 6) is 0. The van der Waals surface area contributed by atoms with E-state index >= 15 is 0 Å². The Morgan fingerprint density at radius 2 is 2.17 bits per heavy atom. The van der Waals surface area contributed by atoms with Gasteiger partial charge in [-0.3, -0.25) is 4.68 Å². The predicted molar refractivity (Wildman–Crippen MR) is 78.8 cm³/mol. The van der Waals surface area contributed by atoms with Crippen LogP contribution in [0.3, 0.4) is 0 Å². The third-order valence-electron chi connectivity index (χ3n) is 2.86. The summed E-state index contributed by atoms with van der Waals surface area (Å²) >= 11 is 3.60. The Labute approximate surface area is 116 Å². The van der Waals surface area contributed by atoms with E-state index in [0.29, 0.717) is 6.04 Å². The smallest absolute Gasteiger partial charge is 0.0539 e. The highest BCUT2D eigenvalue weighted by molar-refractivity contribution is 9.10. The largest absolute Gasteiger partial charge is 0.380 e. The fourth-order valence-electron chi connectivity index (χ4n) is 1.73. The monoisotopic (exact) mass is 307 g/mol. The van der Waals surface area contributed by atoms with Gasteiger partial charge in [0.2, 0.25) is 0 Å². The van der Waals surface area contributed by atoms with Gasteiger partial charge in [0.05, 0.1) is 6.20 Å². The first-order valence-corrected chi connectivity index (χ1v) is 6.89. The molecule has 2 rings (SSSR count). The molecule has 0 atom stereocenters. The number of benzene rings is 1. The van der Waals surface area contributed by atoms with Crippen molar-refractivity contribution in [3.05, 3.63) is 46.2 Å². The first-order valence-electron chi connectivity index (χ1n) is 6.10. The van der Waals surface area contributed by atoms with Crippen molar-refractivity contribution in [3.63, 3.8) is 0 Å². The van der Waals surface area contributed by atoms with E-state index in [-0.39, 0.29) is 0 Å². The van der Waals surface area contributed by atoms with Gasteiger partial charge in [0.25, 0.3) is 0 Å². The Hall–Kier alpha value is -1.29. The van der Waals surface area contributed by atoms with Gasteiger partial charge in [-0.2, -0.15) is 5.10 Å². The van der Waals surface area contributed by atoms with Crippen molar-refractivity contribution in [3.8, 4) is 0 Å². The minimum Gasteiger partial charge on any atom is -0.380 e. The highest BCUT2D eigenvalue weighted by Gasteiger charge is 2.04. The van der Waals surface area contributed by atoms with Crippen LogP contribution in [0.5, 0.6) is 0 Å². The predicted octanol–water partition coefficient (Wildman–Crippen LogP) is 4.15. The molecule has 0 radical (unpaired) electrons. The Morgan fingerprint density at radius 1 is 1.39 bits per heavy atom. The number of nitrogens with one attached hydrogen (secondary N) is 1. The summed E-state index contributed by atoms with van der Waals surface area (Å²) < 4.78 is 3.10. The Bertz CT molecular complexity index is 532. The van der Waals surface area contributed by atoms with Gasteiger partial charge in [-0.05, 0) is 48.3 Å². The van der Waals surface area contributed by atoms with Gasteiger partial charge < -0.3 is 5.32 Å². The topological polar surface area (TPSA) is 29.9 Å². The summed E-state index contributed by atoms with van der Waals surface area (Å²) in [5, 5.41) is 7.76. The van der Waals surface area contributed by atoms with Crippen LogP contribution in [0.4, 0.5) is 5.69 Å². The Morgan fingerprint density at radius 3 is 2.83 bits per heavy atom. The fourth-order valence-corrected chi connectivity index (χ4v) is 2.14. The number of nitrogens with zero attached hydrogens (tertiary/aromatic N) is 2. The molecule has 0 aliphatic rings. The van der Waals surface area contributed by atoms with Crippen molar-refractivity contribution in [1.29, 1.82) is 0 Å². The second-order valence-corrected chi connectivity index (χ2v) is 5.51. The van der Waals surface area contributed by atoms with Gasteiger partial charge in [-0.25, -0.2) is 0 Å². The zero-order chi connectivity index (χ0) is 13.1. The molecular weight excluding hydrogens is 290 g/mol. The highest BCUT2D eigenvalue weighted by Crippen LogP contribution is 2.26. The number of hydrogen-bond acceptors (Lipinski definition) is 2. The summed E-state index contributed by atoms with van der Waals surface area (Å²) in [7, 11) is 0. The molecule has 0 aliphatic heterocycles. The van der Waals surface area contributed by atoms with Crippen LogP contribution in [0.1, 0.15) is 31.0 Å². The minimum atomic E-state index is 0.407. The van der Waals surface area contributed by atoms with Crippen LogP contribution >= 0.6 is 15.9 Å². The van der Waals surface area contributed by atoms with Crippen LogP contribution in [-0.4, -0.2) is 9.78 Å². The molecule has 3 nitrogen and oxygen atoms in total. The van der Waals surface area contributed by atoms with E-state index < -0.39 is 0 Å². The van der Waals surface area contributed by atoms with Crippen LogP contribution in [0.2, 0.25) is 0 Å². The molecule has 2 aromatic rings. The first kappa shape index (κ1) is 13.1. The molecule has 0 spiro atoms. The molecule has 1 aromatic heterocycles. The molecular formula is C14H18BrN3. The number of halogens is 1. The van der Waals surface area contributed by atoms with Crippen molar-refractivity contribution in [1.82, 2.24) is 9.78 Å². The minimum absolute atomic E-state index is 0.407. The average Bonchev–Trinajstić information content (AvgIpc) is 2.80. The molecule has 0 aliphatic carbocycles. The maximum absolute atomic E-state index is 4.33. The van der Waals surface area contributed by atoms with Gasteiger partial charge in [0.15, 0.2) is 0 Å². The van der Waals surface area contributed by atoms with Gasteiger partial charge >= 0.3 is 0 Å². The summed E-state index contributed by atoms with van der Waals surface area (Å²) in [4.78, 5) is 0. The van der Waals surface area contributed by atoms with Gasteiger partial charge in [0.1, 0.15) is 0 Å². The molecule has 0 fully saturated rings. The summed E-state index contributed by atoms with van der Waals surface area (Å²) in [5.41, 5.74) is 3.54. The molecule has 0 amide bonds. The van der Waals surface area contributed by atoms with Crippen molar-refractivity contribution < 1.29 is 0 Å². The molecule has 1 heterocycles. The number of rotatable bonds is 4. The lowest BCUT2D eigenvalue weighted by atomic mass is 10.2. The summed E-state index contributed by atoms with van der Waals surface area (Å²) in [6, 6.07) is 6.63. The van der Waals surface area contributed by atoms with E-state index in [9.17, 15) is 0 Å². The lowest BCUT2D eigenvalue weighted by Crippen LogP contribution is -2.01. The molecule has 1 N–H and O–H groups in total. The molecule has 4 heteroatoms. The van der Waals surface area contributed by atoms with Crippen molar-refractivity contribution >= 4 is 21.6 Å². The number of hydrogen-bond donors (Lipinski definition) is 1. The maximum atomic E-state index is 4.33. The lowest BCUT2D eigenvalue weighted by Gasteiger charge is -2.09. The van der Waals surface area contributed by atoms with Crippen molar-refractivity contribution in [2.45, 2.75) is 33.4 Å². The molecule has 96 valence electrons. The zero-order valence-corrected chi connectivity index (χ0v) is 12.5.